The van der Waals surface area contributed by atoms with E-state index in [1.165, 1.54) is 24.3 Å². The van der Waals surface area contributed by atoms with E-state index >= 15 is 0 Å². The summed E-state index contributed by atoms with van der Waals surface area (Å²) in [7, 11) is 3.45. The molecule has 12 nitrogen and oxygen atoms in total. The second-order valence-electron chi connectivity index (χ2n) is 15.7. The lowest BCUT2D eigenvalue weighted by Crippen LogP contribution is -2.15. The van der Waals surface area contributed by atoms with E-state index in [9.17, 15) is 18.4 Å². The smallest absolute Gasteiger partial charge is 0.228 e. The fourth-order valence-corrected chi connectivity index (χ4v) is 8.19. The van der Waals surface area contributed by atoms with E-state index in [2.05, 4.69) is 19.9 Å². The van der Waals surface area contributed by atoms with Gasteiger partial charge in [0, 0.05) is 81.2 Å². The number of hydrogen-bond acceptors (Lipinski definition) is 10. The first-order valence-corrected chi connectivity index (χ1v) is 21.1. The number of ether oxygens (including phenoxy) is 4. The molecule has 0 saturated carbocycles. The molecule has 0 amide bonds. The highest BCUT2D eigenvalue weighted by molar-refractivity contribution is 6.09. The van der Waals surface area contributed by atoms with E-state index in [0.29, 0.717) is 68.3 Å². The number of nitrogens with zero attached hydrogens (tertiary/aromatic N) is 6. The van der Waals surface area contributed by atoms with Gasteiger partial charge < -0.3 is 28.1 Å². The lowest BCUT2D eigenvalue weighted by Gasteiger charge is -2.23. The van der Waals surface area contributed by atoms with Gasteiger partial charge in [-0.3, -0.25) is 9.59 Å². The molecule has 0 aliphatic carbocycles. The van der Waals surface area contributed by atoms with Crippen LogP contribution >= 0.6 is 0 Å². The Balaban J connectivity index is 0.000000162. The number of imidazole rings is 2. The second kappa shape index (κ2) is 18.7. The first kappa shape index (κ1) is 42.2. The Morgan fingerprint density at radius 1 is 0.562 bits per heavy atom. The van der Waals surface area contributed by atoms with Crippen LogP contribution in [-0.2, 0) is 23.6 Å². The van der Waals surface area contributed by atoms with Crippen LogP contribution in [0.15, 0.2) is 122 Å². The van der Waals surface area contributed by atoms with Gasteiger partial charge in [-0.15, -0.1) is 0 Å². The van der Waals surface area contributed by atoms with Crippen LogP contribution in [0.25, 0.3) is 22.1 Å². The highest BCUT2D eigenvalue weighted by atomic mass is 19.1. The molecule has 2 aliphatic heterocycles. The van der Waals surface area contributed by atoms with Crippen LogP contribution in [0.5, 0.6) is 23.3 Å². The molecule has 0 spiro atoms. The lowest BCUT2D eigenvalue weighted by atomic mass is 9.92. The zero-order valence-electron chi connectivity index (χ0n) is 35.2. The van der Waals surface area contributed by atoms with Crippen molar-refractivity contribution >= 4 is 33.6 Å². The second-order valence-corrected chi connectivity index (χ2v) is 15.7. The molecule has 14 heteroatoms. The van der Waals surface area contributed by atoms with Crippen molar-refractivity contribution in [1.29, 1.82) is 0 Å². The summed E-state index contributed by atoms with van der Waals surface area (Å²) in [6.45, 7) is 2.96. The van der Waals surface area contributed by atoms with Crippen molar-refractivity contribution in [3.8, 4) is 23.3 Å². The molecular formula is C50H44F2N6O6. The predicted molar refractivity (Wildman–Crippen MR) is 235 cm³/mol. The molecule has 64 heavy (non-hydrogen) atoms. The minimum atomic E-state index is -0.384. The zero-order valence-corrected chi connectivity index (χ0v) is 35.2. The Bertz CT molecular complexity index is 2840. The molecule has 0 unspecified atom stereocenters. The van der Waals surface area contributed by atoms with Gasteiger partial charge in [0.1, 0.15) is 23.1 Å². The fourth-order valence-electron chi connectivity index (χ4n) is 8.19. The third-order valence-electron chi connectivity index (χ3n) is 11.7. The number of pyridine rings is 2. The molecule has 2 aliphatic rings. The molecule has 0 atom stereocenters. The number of benzene rings is 4. The summed E-state index contributed by atoms with van der Waals surface area (Å²) in [4.78, 5) is 43.6. The van der Waals surface area contributed by atoms with Gasteiger partial charge in [-0.05, 0) is 129 Å². The zero-order chi connectivity index (χ0) is 44.2. The van der Waals surface area contributed by atoms with Crippen LogP contribution in [0.3, 0.4) is 0 Å². The number of rotatable bonds is 10. The Labute approximate surface area is 367 Å². The van der Waals surface area contributed by atoms with Crippen LogP contribution in [-0.4, -0.2) is 67.1 Å². The van der Waals surface area contributed by atoms with E-state index in [4.69, 9.17) is 18.9 Å². The minimum absolute atomic E-state index is 0.239. The Morgan fingerprint density at radius 3 is 1.53 bits per heavy atom. The minimum Gasteiger partial charge on any atom is -0.439 e. The Kier molecular flexibility index (Phi) is 12.3. The molecule has 0 radical (unpaired) electrons. The highest BCUT2D eigenvalue weighted by Gasteiger charge is 2.24. The number of hydrogen-bond donors (Lipinski definition) is 0. The van der Waals surface area contributed by atoms with Gasteiger partial charge in [0.05, 0.1) is 22.1 Å². The van der Waals surface area contributed by atoms with Gasteiger partial charge in [-0.1, -0.05) is 12.1 Å². The quantitative estimate of drug-likeness (QED) is 0.122. The molecule has 0 N–H and O–H groups in total. The predicted octanol–water partition coefficient (Wildman–Crippen LogP) is 10.0. The standard InChI is InChI=1S/2C25H22FN3O3/c1-29-22-9-6-18(26)15-21(22)28-24(29)23(30)17-4-7-19(8-5-17)32-25-20(3-2-12-27-25)16-10-13-31-14-11-16;1-29-22-15-18(26)6-9-21(22)28-24(29)23(30)17-4-7-19(8-5-17)32-25-20(3-2-12-27-25)16-10-13-31-14-11-16/h2*2-9,12,15-16H,10-11,13-14H2,1H3. The normalized spacial score (nSPS) is 14.6. The van der Waals surface area contributed by atoms with Crippen LogP contribution in [0.4, 0.5) is 8.78 Å². The molecule has 324 valence electrons. The first-order valence-electron chi connectivity index (χ1n) is 21.1. The summed E-state index contributed by atoms with van der Waals surface area (Å²) in [5.74, 6) is 2.35. The molecule has 6 heterocycles. The van der Waals surface area contributed by atoms with Crippen molar-refractivity contribution in [1.82, 2.24) is 29.1 Å². The topological polar surface area (TPSA) is 132 Å². The van der Waals surface area contributed by atoms with Gasteiger partial charge in [0.15, 0.2) is 11.6 Å². The Hall–Kier alpha value is -7.16. The SMILES string of the molecule is Cn1c(C(=O)c2ccc(Oc3ncccc3C3CCOCC3)cc2)nc2cc(F)ccc21.Cn1c(C(=O)c2ccc(Oc3ncccc3C3CCOCC3)cc2)nc2ccc(F)cc21. The number of carbonyl (C=O) groups is 2. The molecule has 4 aromatic heterocycles. The van der Waals surface area contributed by atoms with Gasteiger partial charge in [0.2, 0.25) is 23.3 Å². The van der Waals surface area contributed by atoms with Crippen molar-refractivity contribution in [3.63, 3.8) is 0 Å². The summed E-state index contributed by atoms with van der Waals surface area (Å²) < 4.78 is 53.4. The van der Waals surface area contributed by atoms with Crippen LogP contribution < -0.4 is 9.47 Å². The van der Waals surface area contributed by atoms with Crippen LogP contribution in [0.1, 0.15) is 81.0 Å². The maximum absolute atomic E-state index is 13.6. The highest BCUT2D eigenvalue weighted by Crippen LogP contribution is 2.36. The van der Waals surface area contributed by atoms with Crippen molar-refractivity contribution in [2.24, 2.45) is 14.1 Å². The summed E-state index contributed by atoms with van der Waals surface area (Å²) in [6, 6.07) is 30.3. The van der Waals surface area contributed by atoms with Crippen molar-refractivity contribution in [2.75, 3.05) is 26.4 Å². The maximum atomic E-state index is 13.6. The van der Waals surface area contributed by atoms with Crippen LogP contribution in [0, 0.1) is 11.6 Å². The van der Waals surface area contributed by atoms with E-state index in [1.807, 2.05) is 24.3 Å². The van der Waals surface area contributed by atoms with Crippen molar-refractivity contribution < 1.29 is 37.3 Å². The average Bonchev–Trinajstić information content (AvgIpc) is 3.84. The average molecular weight is 863 g/mol. The molecule has 2 saturated heterocycles. The molecule has 0 bridgehead atoms. The Morgan fingerprint density at radius 2 is 1.02 bits per heavy atom. The van der Waals surface area contributed by atoms with Gasteiger partial charge >= 0.3 is 0 Å². The lowest BCUT2D eigenvalue weighted by molar-refractivity contribution is 0.0847. The summed E-state index contributed by atoms with van der Waals surface area (Å²) in [5.41, 5.74) is 5.39. The van der Waals surface area contributed by atoms with Gasteiger partial charge in [-0.25, -0.2) is 28.7 Å². The number of halogens is 2. The number of aromatic nitrogens is 6. The molecular weight excluding hydrogens is 819 g/mol. The molecule has 10 rings (SSSR count). The summed E-state index contributed by atoms with van der Waals surface area (Å²) in [6.07, 6.45) is 7.19. The number of ketones is 2. The van der Waals surface area contributed by atoms with Crippen molar-refractivity contribution in [3.05, 3.63) is 167 Å². The van der Waals surface area contributed by atoms with E-state index < -0.39 is 0 Å². The maximum Gasteiger partial charge on any atom is 0.228 e. The summed E-state index contributed by atoms with van der Waals surface area (Å²) >= 11 is 0. The largest absolute Gasteiger partial charge is 0.439 e. The van der Waals surface area contributed by atoms with Crippen molar-refractivity contribution in [2.45, 2.75) is 37.5 Å². The molecule has 8 aromatic rings. The number of fused-ring (bicyclic) bond motifs is 2. The summed E-state index contributed by atoms with van der Waals surface area (Å²) in [5, 5.41) is 0. The fraction of sp³-hybridized carbons (Fsp3) is 0.240. The third-order valence-corrected chi connectivity index (χ3v) is 11.7. The third kappa shape index (κ3) is 9.01. The number of aryl methyl sites for hydroxylation is 2. The van der Waals surface area contributed by atoms with Crippen LogP contribution in [0.2, 0.25) is 0 Å². The first-order chi connectivity index (χ1) is 31.2. The van der Waals surface area contributed by atoms with E-state index in [1.54, 1.807) is 96.3 Å². The van der Waals surface area contributed by atoms with Gasteiger partial charge in [-0.2, -0.15) is 0 Å². The number of carbonyl (C=O) groups excluding carboxylic acids is 2. The van der Waals surface area contributed by atoms with Gasteiger partial charge in [0.25, 0.3) is 0 Å². The molecule has 4 aromatic carbocycles. The monoisotopic (exact) mass is 862 g/mol. The van der Waals surface area contributed by atoms with E-state index in [-0.39, 0.29) is 34.8 Å². The van der Waals surface area contributed by atoms with E-state index in [0.717, 1.165) is 63.2 Å². The molecule has 2 fully saturated rings.